The Morgan fingerprint density at radius 1 is 0.963 bits per heavy atom. The van der Waals surface area contributed by atoms with Crippen molar-refractivity contribution in [1.82, 2.24) is 0 Å². The molecule has 0 aliphatic heterocycles. The van der Waals surface area contributed by atoms with Crippen LogP contribution in [0.5, 0.6) is 17.2 Å². The highest BCUT2D eigenvalue weighted by molar-refractivity contribution is 7.46. The van der Waals surface area contributed by atoms with E-state index in [1.807, 2.05) is 0 Å². The van der Waals surface area contributed by atoms with Crippen LogP contribution in [0.4, 0.5) is 0 Å². The molecule has 0 spiro atoms. The smallest absolute Gasteiger partial charge is 0.497 e. The maximum absolute atomic E-state index is 11.2. The van der Waals surface area contributed by atoms with Crippen LogP contribution in [0.1, 0.15) is 22.3 Å². The fraction of sp³-hybridized carbons (Fsp3) is 0.222. The molecule has 2 aromatic rings. The standard InChI is InChI=1S/C18H21O8P/c1-24-15-6-5-13(17(9-15)26-27(21,22)23)4-3-12-7-14(10-19)16(11-20)18(8-12)25-2/h3-9,19-20H,10-11H2,1-2H3,(H2,21,22,23)/b4-3-. The minimum atomic E-state index is -4.75. The predicted octanol–water partition coefficient (Wildman–Crippen LogP) is 2.33. The number of hydrogen-bond acceptors (Lipinski definition) is 6. The summed E-state index contributed by atoms with van der Waals surface area (Å²) in [6.45, 7) is -0.551. The van der Waals surface area contributed by atoms with Gasteiger partial charge in [0, 0.05) is 17.2 Å². The Balaban J connectivity index is 2.44. The molecule has 2 aromatic carbocycles. The van der Waals surface area contributed by atoms with Crippen molar-refractivity contribution in [2.45, 2.75) is 13.2 Å². The second-order valence-corrected chi connectivity index (χ2v) is 6.66. The summed E-state index contributed by atoms with van der Waals surface area (Å²) in [5.41, 5.74) is 2.07. The third-order valence-electron chi connectivity index (χ3n) is 3.77. The van der Waals surface area contributed by atoms with Crippen molar-refractivity contribution < 1.29 is 38.6 Å². The molecule has 4 N–H and O–H groups in total. The molecule has 0 bridgehead atoms. The maximum atomic E-state index is 11.2. The number of aliphatic hydroxyl groups excluding tert-OH is 2. The third-order valence-corrected chi connectivity index (χ3v) is 4.20. The molecule has 0 saturated heterocycles. The van der Waals surface area contributed by atoms with E-state index in [-0.39, 0.29) is 19.0 Å². The second-order valence-electron chi connectivity index (χ2n) is 5.50. The molecule has 146 valence electrons. The molecule has 0 heterocycles. The zero-order chi connectivity index (χ0) is 20.0. The van der Waals surface area contributed by atoms with Crippen LogP contribution >= 0.6 is 7.82 Å². The summed E-state index contributed by atoms with van der Waals surface area (Å²) < 4.78 is 26.2. The summed E-state index contributed by atoms with van der Waals surface area (Å²) in [5, 5.41) is 18.9. The molecule has 0 atom stereocenters. The fourth-order valence-electron chi connectivity index (χ4n) is 2.50. The minimum absolute atomic E-state index is 0.0414. The predicted molar refractivity (Wildman–Crippen MR) is 99.4 cm³/mol. The maximum Gasteiger partial charge on any atom is 0.524 e. The van der Waals surface area contributed by atoms with Crippen LogP contribution in [0, 0.1) is 0 Å². The van der Waals surface area contributed by atoms with E-state index in [2.05, 4.69) is 0 Å². The van der Waals surface area contributed by atoms with E-state index in [1.165, 1.54) is 20.3 Å². The molecule has 0 unspecified atom stereocenters. The van der Waals surface area contributed by atoms with Crippen LogP contribution in [0.3, 0.4) is 0 Å². The zero-order valence-corrected chi connectivity index (χ0v) is 15.7. The Kier molecular flexibility index (Phi) is 7.01. The Hall–Kier alpha value is -2.35. The van der Waals surface area contributed by atoms with Gasteiger partial charge >= 0.3 is 7.82 Å². The van der Waals surface area contributed by atoms with Crippen molar-refractivity contribution in [1.29, 1.82) is 0 Å². The number of phosphoric ester groups is 1. The van der Waals surface area contributed by atoms with Crippen LogP contribution in [0.2, 0.25) is 0 Å². The number of ether oxygens (including phenoxy) is 2. The van der Waals surface area contributed by atoms with Gasteiger partial charge in [-0.05, 0) is 35.4 Å². The van der Waals surface area contributed by atoms with Crippen molar-refractivity contribution in [3.05, 3.63) is 52.6 Å². The lowest BCUT2D eigenvalue weighted by Crippen LogP contribution is -1.99. The summed E-state index contributed by atoms with van der Waals surface area (Å²) in [7, 11) is -1.86. The van der Waals surface area contributed by atoms with E-state index in [4.69, 9.17) is 23.8 Å². The molecule has 27 heavy (non-hydrogen) atoms. The van der Waals surface area contributed by atoms with Crippen LogP contribution in [-0.4, -0.2) is 34.2 Å². The molecule has 0 aliphatic rings. The Bertz CT molecular complexity index is 847. The third kappa shape index (κ3) is 5.56. The first kappa shape index (κ1) is 21.0. The van der Waals surface area contributed by atoms with E-state index in [0.29, 0.717) is 33.8 Å². The van der Waals surface area contributed by atoms with E-state index in [0.717, 1.165) is 0 Å². The summed E-state index contributed by atoms with van der Waals surface area (Å²) in [6, 6.07) is 7.94. The zero-order valence-electron chi connectivity index (χ0n) is 14.8. The van der Waals surface area contributed by atoms with E-state index >= 15 is 0 Å². The highest BCUT2D eigenvalue weighted by Gasteiger charge is 2.18. The lowest BCUT2D eigenvalue weighted by molar-refractivity contribution is 0.254. The summed E-state index contributed by atoms with van der Waals surface area (Å²) >= 11 is 0. The topological polar surface area (TPSA) is 126 Å². The Morgan fingerprint density at radius 2 is 1.70 bits per heavy atom. The van der Waals surface area contributed by atoms with E-state index < -0.39 is 7.82 Å². The van der Waals surface area contributed by atoms with Crippen LogP contribution in [-0.2, 0) is 17.8 Å². The molecular weight excluding hydrogens is 375 g/mol. The van der Waals surface area contributed by atoms with Gasteiger partial charge in [0.15, 0.2) is 0 Å². The molecule has 0 aromatic heterocycles. The molecule has 0 radical (unpaired) electrons. The van der Waals surface area contributed by atoms with Crippen molar-refractivity contribution in [3.8, 4) is 17.2 Å². The number of methoxy groups -OCH3 is 2. The molecular formula is C18H21O8P. The highest BCUT2D eigenvalue weighted by atomic mass is 31.2. The van der Waals surface area contributed by atoms with Crippen molar-refractivity contribution in [3.63, 3.8) is 0 Å². The molecule has 0 fully saturated rings. The normalized spacial score (nSPS) is 11.6. The molecule has 8 nitrogen and oxygen atoms in total. The number of benzene rings is 2. The average Bonchev–Trinajstić information content (AvgIpc) is 2.64. The average molecular weight is 396 g/mol. The van der Waals surface area contributed by atoms with Gasteiger partial charge in [0.25, 0.3) is 0 Å². The van der Waals surface area contributed by atoms with Crippen LogP contribution in [0.15, 0.2) is 30.3 Å². The van der Waals surface area contributed by atoms with Gasteiger partial charge in [-0.2, -0.15) is 0 Å². The molecule has 9 heteroatoms. The van der Waals surface area contributed by atoms with Gasteiger partial charge in [-0.15, -0.1) is 0 Å². The molecule has 0 saturated carbocycles. The quantitative estimate of drug-likeness (QED) is 0.396. The lowest BCUT2D eigenvalue weighted by Gasteiger charge is -2.13. The largest absolute Gasteiger partial charge is 0.524 e. The van der Waals surface area contributed by atoms with Crippen LogP contribution in [0.25, 0.3) is 12.2 Å². The van der Waals surface area contributed by atoms with Gasteiger partial charge in [0.1, 0.15) is 17.2 Å². The first-order valence-corrected chi connectivity index (χ1v) is 9.37. The SMILES string of the molecule is COc1ccc(/C=C\c2cc(CO)c(CO)c(OC)c2)c(OP(=O)(O)O)c1. The Labute approximate surface area is 156 Å². The molecule has 2 rings (SSSR count). The monoisotopic (exact) mass is 396 g/mol. The summed E-state index contributed by atoms with van der Waals surface area (Å²) in [6.07, 6.45) is 3.26. The summed E-state index contributed by atoms with van der Waals surface area (Å²) in [4.78, 5) is 18.2. The second kappa shape index (κ2) is 9.03. The van der Waals surface area contributed by atoms with E-state index in [9.17, 15) is 14.8 Å². The van der Waals surface area contributed by atoms with Gasteiger partial charge in [0.2, 0.25) is 0 Å². The van der Waals surface area contributed by atoms with Crippen LogP contribution < -0.4 is 14.0 Å². The number of aliphatic hydroxyl groups is 2. The first-order valence-electron chi connectivity index (χ1n) is 7.84. The van der Waals surface area contributed by atoms with Crippen molar-refractivity contribution in [2.24, 2.45) is 0 Å². The molecule has 0 amide bonds. The highest BCUT2D eigenvalue weighted by Crippen LogP contribution is 2.41. The van der Waals surface area contributed by atoms with Gasteiger partial charge in [-0.3, -0.25) is 9.79 Å². The van der Waals surface area contributed by atoms with Gasteiger partial charge in [-0.25, -0.2) is 4.57 Å². The fourth-order valence-corrected chi connectivity index (χ4v) is 2.91. The minimum Gasteiger partial charge on any atom is -0.497 e. The van der Waals surface area contributed by atoms with Crippen molar-refractivity contribution >= 4 is 20.0 Å². The molecule has 0 aliphatic carbocycles. The lowest BCUT2D eigenvalue weighted by atomic mass is 10.0. The summed E-state index contributed by atoms with van der Waals surface area (Å²) in [5.74, 6) is 0.762. The number of rotatable bonds is 8. The number of phosphoric acid groups is 1. The van der Waals surface area contributed by atoms with E-state index in [1.54, 1.807) is 36.4 Å². The first-order chi connectivity index (χ1) is 12.8. The van der Waals surface area contributed by atoms with Gasteiger partial charge < -0.3 is 24.2 Å². The van der Waals surface area contributed by atoms with Crippen molar-refractivity contribution in [2.75, 3.05) is 14.2 Å². The number of hydrogen-bond donors (Lipinski definition) is 4. The van der Waals surface area contributed by atoms with Gasteiger partial charge in [0.05, 0.1) is 27.4 Å². The van der Waals surface area contributed by atoms with Gasteiger partial charge in [-0.1, -0.05) is 12.2 Å². The Morgan fingerprint density at radius 3 is 2.26 bits per heavy atom.